The fraction of sp³-hybridized carbons (Fsp3) is 0.222. The molecule has 5 nitrogen and oxygen atoms in total. The molecule has 2 N–H and O–H groups in total. The van der Waals surface area contributed by atoms with Gasteiger partial charge in [0.15, 0.2) is 0 Å². The first-order valence-corrected chi connectivity index (χ1v) is 7.81. The standard InChI is InChI=1S/C18H17N3O2/c22-17-13-8-4-9-14(16(13)15-10-5-11-21(15)17)20-18(23)19-12-6-2-1-3-7-12/h1-4,6-9,15H,5,10-11H2,(H2,19,20,23). The third kappa shape index (κ3) is 2.34. The Balaban J connectivity index is 1.59. The first-order valence-electron chi connectivity index (χ1n) is 7.81. The van der Waals surface area contributed by atoms with Crippen LogP contribution in [0.15, 0.2) is 48.5 Å². The average molecular weight is 307 g/mol. The highest BCUT2D eigenvalue weighted by Crippen LogP contribution is 2.44. The van der Waals surface area contributed by atoms with Crippen molar-refractivity contribution in [1.82, 2.24) is 4.90 Å². The highest BCUT2D eigenvalue weighted by Gasteiger charge is 2.41. The van der Waals surface area contributed by atoms with E-state index in [4.69, 9.17) is 0 Å². The molecule has 0 saturated carbocycles. The molecule has 2 aliphatic rings. The quantitative estimate of drug-likeness (QED) is 0.890. The van der Waals surface area contributed by atoms with Gasteiger partial charge in [-0.05, 0) is 37.1 Å². The van der Waals surface area contributed by atoms with Gasteiger partial charge < -0.3 is 15.5 Å². The second kappa shape index (κ2) is 5.43. The lowest BCUT2D eigenvalue weighted by atomic mass is 10.0. The summed E-state index contributed by atoms with van der Waals surface area (Å²) >= 11 is 0. The first kappa shape index (κ1) is 13.8. The summed E-state index contributed by atoms with van der Waals surface area (Å²) < 4.78 is 0. The maximum Gasteiger partial charge on any atom is 0.323 e. The van der Waals surface area contributed by atoms with E-state index in [1.807, 2.05) is 53.4 Å². The first-order chi connectivity index (χ1) is 11.2. The van der Waals surface area contributed by atoms with Crippen molar-refractivity contribution in [2.45, 2.75) is 18.9 Å². The van der Waals surface area contributed by atoms with Crippen molar-refractivity contribution in [3.63, 3.8) is 0 Å². The van der Waals surface area contributed by atoms with Crippen LogP contribution in [0, 0.1) is 0 Å². The molecule has 0 radical (unpaired) electrons. The molecule has 5 heteroatoms. The molecule has 116 valence electrons. The molecule has 2 aromatic carbocycles. The minimum atomic E-state index is -0.298. The number of hydrogen-bond acceptors (Lipinski definition) is 2. The molecule has 0 aliphatic carbocycles. The maximum atomic E-state index is 12.4. The Hall–Kier alpha value is -2.82. The van der Waals surface area contributed by atoms with Crippen LogP contribution in [0.1, 0.15) is 34.8 Å². The van der Waals surface area contributed by atoms with Crippen LogP contribution in [0.25, 0.3) is 0 Å². The molecule has 23 heavy (non-hydrogen) atoms. The normalized spacial score (nSPS) is 18.5. The average Bonchev–Trinajstić information content (AvgIpc) is 3.12. The molecular weight excluding hydrogens is 290 g/mol. The van der Waals surface area contributed by atoms with Gasteiger partial charge in [0.1, 0.15) is 0 Å². The molecular formula is C18H17N3O2. The molecule has 2 aliphatic heterocycles. The molecule has 1 fully saturated rings. The molecule has 4 rings (SSSR count). The number of amides is 3. The zero-order valence-electron chi connectivity index (χ0n) is 12.6. The van der Waals surface area contributed by atoms with Crippen molar-refractivity contribution in [2.75, 3.05) is 17.2 Å². The zero-order chi connectivity index (χ0) is 15.8. The van der Waals surface area contributed by atoms with Crippen LogP contribution in [0.3, 0.4) is 0 Å². The van der Waals surface area contributed by atoms with Crippen molar-refractivity contribution in [3.05, 3.63) is 59.7 Å². The van der Waals surface area contributed by atoms with Crippen LogP contribution >= 0.6 is 0 Å². The number of nitrogens with zero attached hydrogens (tertiary/aromatic N) is 1. The van der Waals surface area contributed by atoms with E-state index in [1.165, 1.54) is 0 Å². The number of benzene rings is 2. The third-order valence-electron chi connectivity index (χ3n) is 4.46. The van der Waals surface area contributed by atoms with Crippen molar-refractivity contribution < 1.29 is 9.59 Å². The molecule has 2 aromatic rings. The van der Waals surface area contributed by atoms with Crippen LogP contribution in [0.4, 0.5) is 16.2 Å². The lowest BCUT2D eigenvalue weighted by Gasteiger charge is -2.17. The molecule has 1 atom stereocenters. The number of rotatable bonds is 2. The predicted molar refractivity (Wildman–Crippen MR) is 88.5 cm³/mol. The van der Waals surface area contributed by atoms with Gasteiger partial charge in [0.05, 0.1) is 6.04 Å². The van der Waals surface area contributed by atoms with E-state index >= 15 is 0 Å². The molecule has 1 unspecified atom stereocenters. The van der Waals surface area contributed by atoms with E-state index in [2.05, 4.69) is 10.6 Å². The van der Waals surface area contributed by atoms with E-state index in [0.717, 1.165) is 36.3 Å². The summed E-state index contributed by atoms with van der Waals surface area (Å²) in [6.45, 7) is 0.799. The fourth-order valence-corrected chi connectivity index (χ4v) is 3.49. The summed E-state index contributed by atoms with van der Waals surface area (Å²) in [5.41, 5.74) is 3.13. The Labute approximate surface area is 134 Å². The minimum absolute atomic E-state index is 0.0783. The fourth-order valence-electron chi connectivity index (χ4n) is 3.49. The summed E-state index contributed by atoms with van der Waals surface area (Å²) in [5.74, 6) is 0.0783. The lowest BCUT2D eigenvalue weighted by molar-refractivity contribution is 0.0776. The van der Waals surface area contributed by atoms with E-state index in [0.29, 0.717) is 5.56 Å². The van der Waals surface area contributed by atoms with Crippen LogP contribution in [0.5, 0.6) is 0 Å². The molecule has 0 aromatic heterocycles. The number of carbonyl (C=O) groups excluding carboxylic acids is 2. The van der Waals surface area contributed by atoms with Crippen LogP contribution in [-0.4, -0.2) is 23.4 Å². The number of nitrogens with one attached hydrogen (secondary N) is 2. The molecule has 0 spiro atoms. The van der Waals surface area contributed by atoms with Crippen LogP contribution in [0.2, 0.25) is 0 Å². The number of anilines is 2. The summed E-state index contributed by atoms with van der Waals surface area (Å²) in [4.78, 5) is 26.5. The maximum absolute atomic E-state index is 12.4. The van der Waals surface area contributed by atoms with E-state index in [1.54, 1.807) is 0 Å². The Morgan fingerprint density at radius 3 is 2.70 bits per heavy atom. The third-order valence-corrected chi connectivity index (χ3v) is 4.46. The number of carbonyl (C=O) groups is 2. The SMILES string of the molecule is O=C(Nc1ccccc1)Nc1cccc2c1C1CCCN1C2=O. The predicted octanol–water partition coefficient (Wildman–Crippen LogP) is 3.62. The smallest absolute Gasteiger partial charge is 0.323 e. The van der Waals surface area contributed by atoms with E-state index in [-0.39, 0.29) is 18.0 Å². The van der Waals surface area contributed by atoms with Gasteiger partial charge in [-0.3, -0.25) is 4.79 Å². The van der Waals surface area contributed by atoms with Crippen molar-refractivity contribution >= 4 is 23.3 Å². The van der Waals surface area contributed by atoms with Gasteiger partial charge in [-0.25, -0.2) is 4.79 Å². The molecule has 0 bridgehead atoms. The van der Waals surface area contributed by atoms with Crippen LogP contribution in [-0.2, 0) is 0 Å². The Morgan fingerprint density at radius 1 is 1.04 bits per heavy atom. The Bertz CT molecular complexity index is 773. The van der Waals surface area contributed by atoms with Gasteiger partial charge in [-0.2, -0.15) is 0 Å². The zero-order valence-corrected chi connectivity index (χ0v) is 12.6. The van der Waals surface area contributed by atoms with Gasteiger partial charge in [0.2, 0.25) is 0 Å². The minimum Gasteiger partial charge on any atom is -0.331 e. The second-order valence-corrected chi connectivity index (χ2v) is 5.87. The number of para-hydroxylation sites is 1. The van der Waals surface area contributed by atoms with Crippen molar-refractivity contribution in [3.8, 4) is 0 Å². The molecule has 3 amide bonds. The van der Waals surface area contributed by atoms with E-state index in [9.17, 15) is 9.59 Å². The van der Waals surface area contributed by atoms with Gasteiger partial charge >= 0.3 is 6.03 Å². The highest BCUT2D eigenvalue weighted by atomic mass is 16.2. The largest absolute Gasteiger partial charge is 0.331 e. The van der Waals surface area contributed by atoms with Gasteiger partial charge in [0.25, 0.3) is 5.91 Å². The molecule has 1 saturated heterocycles. The Morgan fingerprint density at radius 2 is 1.87 bits per heavy atom. The Kier molecular flexibility index (Phi) is 3.26. The topological polar surface area (TPSA) is 61.4 Å². The van der Waals surface area contributed by atoms with Crippen molar-refractivity contribution in [1.29, 1.82) is 0 Å². The van der Waals surface area contributed by atoms with Gasteiger partial charge in [-0.1, -0.05) is 24.3 Å². The number of fused-ring (bicyclic) bond motifs is 3. The second-order valence-electron chi connectivity index (χ2n) is 5.87. The lowest BCUT2D eigenvalue weighted by Crippen LogP contribution is -2.23. The summed E-state index contributed by atoms with van der Waals surface area (Å²) in [6, 6.07) is 14.6. The monoisotopic (exact) mass is 307 g/mol. The van der Waals surface area contributed by atoms with Crippen molar-refractivity contribution in [2.24, 2.45) is 0 Å². The van der Waals surface area contributed by atoms with E-state index < -0.39 is 0 Å². The van der Waals surface area contributed by atoms with Crippen LogP contribution < -0.4 is 10.6 Å². The summed E-state index contributed by atoms with van der Waals surface area (Å²) in [6.07, 6.45) is 1.97. The molecule has 2 heterocycles. The summed E-state index contributed by atoms with van der Waals surface area (Å²) in [7, 11) is 0. The number of urea groups is 1. The summed E-state index contributed by atoms with van der Waals surface area (Å²) in [5, 5.41) is 5.70. The number of hydrogen-bond donors (Lipinski definition) is 2. The van der Waals surface area contributed by atoms with Gasteiger partial charge in [-0.15, -0.1) is 0 Å². The highest BCUT2D eigenvalue weighted by molar-refractivity contribution is 6.05. The van der Waals surface area contributed by atoms with Gasteiger partial charge in [0, 0.05) is 29.0 Å².